The maximum Gasteiger partial charge on any atom is 0.159 e. The number of hydrogen-bond donors (Lipinski definition) is 1. The maximum atomic E-state index is 6.00. The molecule has 2 aromatic carbocycles. The van der Waals surface area contributed by atoms with Gasteiger partial charge in [-0.3, -0.25) is 0 Å². The van der Waals surface area contributed by atoms with Crippen LogP contribution in [-0.4, -0.2) is 17.5 Å². The number of ether oxygens (including phenoxy) is 1. The molecule has 0 atom stereocenters. The number of benzene rings is 2. The second-order valence-corrected chi connectivity index (χ2v) is 6.32. The number of aryl methyl sites for hydroxylation is 3. The Bertz CT molecular complexity index is 648. The van der Waals surface area contributed by atoms with E-state index in [4.69, 9.17) is 10.5 Å². The van der Waals surface area contributed by atoms with Crippen LogP contribution in [0, 0.1) is 20.8 Å². The molecule has 0 amide bonds. The average molecular weight is 314 g/mol. The lowest BCUT2D eigenvalue weighted by atomic mass is 10.1. The van der Waals surface area contributed by atoms with Gasteiger partial charge < -0.3 is 10.5 Å². The quantitative estimate of drug-likeness (QED) is 0.506. The standard InChI is InChI=1S/C18H22N2OS/c1-13-6-4-9-16(12-13)21-10-11-22-18(19)20-17-14(2)7-5-8-15(17)3/h4-9,12H,10-11H2,1-3H3,(H2,19,20). The second-order valence-electron chi connectivity index (χ2n) is 5.20. The normalized spacial score (nSPS) is 11.5. The molecule has 22 heavy (non-hydrogen) atoms. The first-order chi connectivity index (χ1) is 10.6. The minimum atomic E-state index is 0.574. The first-order valence-electron chi connectivity index (χ1n) is 7.29. The predicted molar refractivity (Wildman–Crippen MR) is 96.3 cm³/mol. The Morgan fingerprint density at radius 2 is 1.77 bits per heavy atom. The van der Waals surface area contributed by atoms with E-state index >= 15 is 0 Å². The third-order valence-electron chi connectivity index (χ3n) is 3.25. The van der Waals surface area contributed by atoms with Crippen molar-refractivity contribution in [3.05, 3.63) is 59.2 Å². The summed E-state index contributed by atoms with van der Waals surface area (Å²) in [5.41, 5.74) is 10.4. The van der Waals surface area contributed by atoms with Gasteiger partial charge in [0.2, 0.25) is 0 Å². The Morgan fingerprint density at radius 1 is 1.09 bits per heavy atom. The van der Waals surface area contributed by atoms with Gasteiger partial charge in [0, 0.05) is 5.75 Å². The van der Waals surface area contributed by atoms with E-state index in [9.17, 15) is 0 Å². The fourth-order valence-electron chi connectivity index (χ4n) is 2.14. The Morgan fingerprint density at radius 3 is 2.45 bits per heavy atom. The minimum Gasteiger partial charge on any atom is -0.493 e. The maximum absolute atomic E-state index is 6.00. The number of aliphatic imine (C=N–C) groups is 1. The van der Waals surface area contributed by atoms with Crippen LogP contribution in [0.15, 0.2) is 47.5 Å². The summed E-state index contributed by atoms with van der Waals surface area (Å²) >= 11 is 1.51. The number of nitrogens with two attached hydrogens (primary N) is 1. The summed E-state index contributed by atoms with van der Waals surface area (Å²) in [5, 5.41) is 0.574. The lowest BCUT2D eigenvalue weighted by Gasteiger charge is -2.08. The van der Waals surface area contributed by atoms with E-state index in [0.717, 1.165) is 28.3 Å². The molecular weight excluding hydrogens is 292 g/mol. The van der Waals surface area contributed by atoms with Gasteiger partial charge in [-0.2, -0.15) is 0 Å². The zero-order chi connectivity index (χ0) is 15.9. The molecule has 0 saturated heterocycles. The van der Waals surface area contributed by atoms with Gasteiger partial charge in [0.05, 0.1) is 12.3 Å². The minimum absolute atomic E-state index is 0.574. The molecule has 0 heterocycles. The third-order valence-corrected chi connectivity index (χ3v) is 4.01. The summed E-state index contributed by atoms with van der Waals surface area (Å²) in [6.45, 7) is 6.75. The van der Waals surface area contributed by atoms with E-state index in [1.807, 2.05) is 50.2 Å². The first-order valence-corrected chi connectivity index (χ1v) is 8.27. The van der Waals surface area contributed by atoms with Crippen LogP contribution in [0.3, 0.4) is 0 Å². The van der Waals surface area contributed by atoms with Crippen LogP contribution in [0.25, 0.3) is 0 Å². The number of nitrogens with zero attached hydrogens (tertiary/aromatic N) is 1. The van der Waals surface area contributed by atoms with Crippen molar-refractivity contribution >= 4 is 22.6 Å². The molecule has 3 nitrogen and oxygen atoms in total. The lowest BCUT2D eigenvalue weighted by molar-refractivity contribution is 0.344. The van der Waals surface area contributed by atoms with E-state index in [-0.39, 0.29) is 0 Å². The highest BCUT2D eigenvalue weighted by atomic mass is 32.2. The summed E-state index contributed by atoms with van der Waals surface area (Å²) in [7, 11) is 0. The van der Waals surface area contributed by atoms with Crippen LogP contribution in [-0.2, 0) is 0 Å². The van der Waals surface area contributed by atoms with Crippen molar-refractivity contribution in [2.24, 2.45) is 10.7 Å². The summed E-state index contributed by atoms with van der Waals surface area (Å²) < 4.78 is 5.70. The van der Waals surface area contributed by atoms with Gasteiger partial charge in [0.15, 0.2) is 5.17 Å². The van der Waals surface area contributed by atoms with Crippen LogP contribution in [0.5, 0.6) is 5.75 Å². The SMILES string of the molecule is Cc1cccc(OCCSC(N)=Nc2c(C)cccc2C)c1. The molecule has 4 heteroatoms. The topological polar surface area (TPSA) is 47.6 Å². The Hall–Kier alpha value is -1.94. The molecule has 116 valence electrons. The summed E-state index contributed by atoms with van der Waals surface area (Å²) in [5.74, 6) is 1.67. The molecule has 0 spiro atoms. The Labute approximate surface area is 136 Å². The van der Waals surface area contributed by atoms with Gasteiger partial charge in [-0.25, -0.2) is 4.99 Å². The summed E-state index contributed by atoms with van der Waals surface area (Å²) in [6, 6.07) is 14.2. The van der Waals surface area contributed by atoms with Gasteiger partial charge >= 0.3 is 0 Å². The van der Waals surface area contributed by atoms with Gasteiger partial charge in [0.1, 0.15) is 5.75 Å². The highest BCUT2D eigenvalue weighted by Gasteiger charge is 2.02. The fraction of sp³-hybridized carbons (Fsp3) is 0.278. The van der Waals surface area contributed by atoms with Crippen molar-refractivity contribution in [1.82, 2.24) is 0 Å². The highest BCUT2D eigenvalue weighted by Crippen LogP contribution is 2.24. The van der Waals surface area contributed by atoms with Crippen molar-refractivity contribution in [3.63, 3.8) is 0 Å². The summed E-state index contributed by atoms with van der Waals surface area (Å²) in [4.78, 5) is 4.52. The molecule has 0 aliphatic heterocycles. The van der Waals surface area contributed by atoms with Gasteiger partial charge in [-0.15, -0.1) is 0 Å². The smallest absolute Gasteiger partial charge is 0.159 e. The molecule has 0 radical (unpaired) electrons. The van der Waals surface area contributed by atoms with Crippen molar-refractivity contribution in [3.8, 4) is 5.75 Å². The van der Waals surface area contributed by atoms with Crippen molar-refractivity contribution < 1.29 is 4.74 Å². The van der Waals surface area contributed by atoms with Crippen LogP contribution >= 0.6 is 11.8 Å². The van der Waals surface area contributed by atoms with E-state index in [1.54, 1.807) is 0 Å². The molecule has 2 rings (SSSR count). The van der Waals surface area contributed by atoms with E-state index in [1.165, 1.54) is 17.3 Å². The van der Waals surface area contributed by atoms with Gasteiger partial charge in [-0.05, 0) is 49.6 Å². The van der Waals surface area contributed by atoms with Crippen LogP contribution in [0.4, 0.5) is 5.69 Å². The molecule has 0 aliphatic rings. The zero-order valence-corrected chi connectivity index (χ0v) is 14.1. The largest absolute Gasteiger partial charge is 0.493 e. The number of para-hydroxylation sites is 1. The number of hydrogen-bond acceptors (Lipinski definition) is 3. The molecular formula is C18H22N2OS. The van der Waals surface area contributed by atoms with Gasteiger partial charge in [0.25, 0.3) is 0 Å². The van der Waals surface area contributed by atoms with Crippen molar-refractivity contribution in [2.45, 2.75) is 20.8 Å². The number of rotatable bonds is 5. The Balaban J connectivity index is 1.85. The molecule has 0 fully saturated rings. The second kappa shape index (κ2) is 7.90. The first kappa shape index (κ1) is 16.4. The van der Waals surface area contributed by atoms with E-state index < -0.39 is 0 Å². The molecule has 2 aromatic rings. The molecule has 0 unspecified atom stereocenters. The Kier molecular flexibility index (Phi) is 5.90. The number of thioether (sulfide) groups is 1. The monoisotopic (exact) mass is 314 g/mol. The van der Waals surface area contributed by atoms with Crippen LogP contribution < -0.4 is 10.5 Å². The molecule has 0 bridgehead atoms. The lowest BCUT2D eigenvalue weighted by Crippen LogP contribution is -2.10. The zero-order valence-electron chi connectivity index (χ0n) is 13.3. The molecule has 0 aliphatic carbocycles. The van der Waals surface area contributed by atoms with E-state index in [0.29, 0.717) is 11.8 Å². The third kappa shape index (κ3) is 4.81. The average Bonchev–Trinajstić information content (AvgIpc) is 2.48. The molecule has 0 aromatic heterocycles. The molecule has 0 saturated carbocycles. The highest BCUT2D eigenvalue weighted by molar-refractivity contribution is 8.13. The van der Waals surface area contributed by atoms with Crippen molar-refractivity contribution in [2.75, 3.05) is 12.4 Å². The fourth-order valence-corrected chi connectivity index (χ4v) is 2.67. The predicted octanol–water partition coefficient (Wildman–Crippen LogP) is 4.37. The van der Waals surface area contributed by atoms with Crippen molar-refractivity contribution in [1.29, 1.82) is 0 Å². The van der Waals surface area contributed by atoms with Gasteiger partial charge in [-0.1, -0.05) is 42.1 Å². The van der Waals surface area contributed by atoms with Crippen LogP contribution in [0.1, 0.15) is 16.7 Å². The number of amidine groups is 1. The molecule has 2 N–H and O–H groups in total. The summed E-state index contributed by atoms with van der Waals surface area (Å²) in [6.07, 6.45) is 0. The van der Waals surface area contributed by atoms with E-state index in [2.05, 4.69) is 18.0 Å². The van der Waals surface area contributed by atoms with Crippen LogP contribution in [0.2, 0.25) is 0 Å².